The number of nitrogens with zero attached hydrogens (tertiary/aromatic N) is 2. The van der Waals surface area contributed by atoms with Gasteiger partial charge in [-0.2, -0.15) is 0 Å². The molecule has 37 heavy (non-hydrogen) atoms. The summed E-state index contributed by atoms with van der Waals surface area (Å²) in [6.07, 6.45) is 6.65. The summed E-state index contributed by atoms with van der Waals surface area (Å²) in [5.74, 6) is 0. The largest absolute Gasteiger partial charge is 0.378 e. The lowest BCUT2D eigenvalue weighted by Gasteiger charge is -2.48. The summed E-state index contributed by atoms with van der Waals surface area (Å²) >= 11 is 0. The van der Waals surface area contributed by atoms with Gasteiger partial charge in [-0.3, -0.25) is 4.90 Å². The quantitative estimate of drug-likeness (QED) is 0.312. The average Bonchev–Trinajstić information content (AvgIpc) is 3.40. The van der Waals surface area contributed by atoms with E-state index in [9.17, 15) is 0 Å². The lowest BCUT2D eigenvalue weighted by atomic mass is 9.71. The van der Waals surface area contributed by atoms with E-state index in [-0.39, 0.29) is 28.1 Å². The van der Waals surface area contributed by atoms with Gasteiger partial charge in [-0.1, -0.05) is 95.9 Å². The molecule has 0 spiro atoms. The predicted octanol–water partition coefficient (Wildman–Crippen LogP) is 9.31. The fourth-order valence-electron chi connectivity index (χ4n) is 5.15. The summed E-state index contributed by atoms with van der Waals surface area (Å²) in [5.41, 5.74) is 0.151. The topological polar surface area (TPSA) is 24.9 Å². The summed E-state index contributed by atoms with van der Waals surface area (Å²) in [6.45, 7) is 39.7. The minimum Gasteiger partial charge on any atom is -0.378 e. The number of ether oxygens (including phenoxy) is 2. The van der Waals surface area contributed by atoms with Gasteiger partial charge in [0.25, 0.3) is 0 Å². The molecule has 2 aliphatic heterocycles. The van der Waals surface area contributed by atoms with E-state index in [1.54, 1.807) is 0 Å². The van der Waals surface area contributed by atoms with Gasteiger partial charge >= 0.3 is 0 Å². The summed E-state index contributed by atoms with van der Waals surface area (Å²) in [6, 6.07) is 0. The van der Waals surface area contributed by atoms with E-state index in [4.69, 9.17) is 9.47 Å². The first-order chi connectivity index (χ1) is 17.1. The first-order valence-corrected chi connectivity index (χ1v) is 15.8. The Morgan fingerprint density at radius 3 is 1.49 bits per heavy atom. The van der Waals surface area contributed by atoms with Crippen LogP contribution in [0.3, 0.4) is 0 Å². The van der Waals surface area contributed by atoms with Crippen LogP contribution >= 0.6 is 0 Å². The number of hydrogen-bond acceptors (Lipinski definition) is 4. The molecule has 2 unspecified atom stereocenters. The van der Waals surface area contributed by atoms with Crippen molar-refractivity contribution < 1.29 is 9.47 Å². The zero-order valence-corrected chi connectivity index (χ0v) is 29.2. The molecule has 2 rings (SSSR count). The Balaban J connectivity index is -0.00000101. The maximum absolute atomic E-state index is 6.72. The van der Waals surface area contributed by atoms with Crippen LogP contribution < -0.4 is 0 Å². The zero-order valence-electron chi connectivity index (χ0n) is 29.2. The van der Waals surface area contributed by atoms with Gasteiger partial charge in [-0.25, -0.2) is 0 Å². The lowest BCUT2D eigenvalue weighted by molar-refractivity contribution is -0.154. The molecule has 2 atom stereocenters. The van der Waals surface area contributed by atoms with Crippen molar-refractivity contribution in [3.05, 3.63) is 0 Å². The molecule has 0 bridgehead atoms. The van der Waals surface area contributed by atoms with Crippen LogP contribution in [0.1, 0.15) is 143 Å². The molecular weight excluding hydrogens is 456 g/mol. The summed E-state index contributed by atoms with van der Waals surface area (Å²) in [4.78, 5) is 5.11. The molecule has 2 heterocycles. The molecule has 2 fully saturated rings. The molecule has 4 heteroatoms. The third kappa shape index (κ3) is 13.2. The van der Waals surface area contributed by atoms with Crippen LogP contribution in [0.25, 0.3) is 0 Å². The molecule has 0 aromatic heterocycles. The highest BCUT2D eigenvalue weighted by atomic mass is 16.5. The second-order valence-corrected chi connectivity index (χ2v) is 12.4. The van der Waals surface area contributed by atoms with Crippen molar-refractivity contribution in [3.8, 4) is 0 Å². The first kappa shape index (κ1) is 41.3. The van der Waals surface area contributed by atoms with Gasteiger partial charge in [0.15, 0.2) is 0 Å². The molecule has 0 amide bonds. The highest BCUT2D eigenvalue weighted by Gasteiger charge is 2.50. The third-order valence-corrected chi connectivity index (χ3v) is 8.51. The fraction of sp³-hybridized carbons (Fsp3) is 1.00. The number of piperazine rings is 1. The smallest absolute Gasteiger partial charge is 0.0698 e. The number of likely N-dealkylation sites (N-methyl/N-ethyl adjacent to an activating group) is 1. The van der Waals surface area contributed by atoms with Crippen LogP contribution in [0.15, 0.2) is 0 Å². The van der Waals surface area contributed by atoms with E-state index in [1.807, 2.05) is 48.7 Å². The highest BCUT2D eigenvalue weighted by Crippen LogP contribution is 2.48. The Morgan fingerprint density at radius 2 is 1.11 bits per heavy atom. The molecule has 0 aliphatic carbocycles. The normalized spacial score (nSPS) is 21.2. The van der Waals surface area contributed by atoms with E-state index in [0.717, 1.165) is 19.3 Å². The van der Waals surface area contributed by atoms with Crippen molar-refractivity contribution in [2.75, 3.05) is 40.3 Å². The Labute approximate surface area is 236 Å². The second-order valence-electron chi connectivity index (χ2n) is 12.4. The first-order valence-electron chi connectivity index (χ1n) is 15.8. The van der Waals surface area contributed by atoms with Crippen molar-refractivity contribution in [1.29, 1.82) is 0 Å². The highest BCUT2D eigenvalue weighted by molar-refractivity contribution is 5.00. The van der Waals surface area contributed by atoms with Gasteiger partial charge in [0, 0.05) is 44.2 Å². The van der Waals surface area contributed by atoms with Crippen molar-refractivity contribution >= 4 is 0 Å². The Kier molecular flexibility index (Phi) is 22.1. The molecule has 0 radical (unpaired) electrons. The fourth-order valence-corrected chi connectivity index (χ4v) is 5.15. The SMILES string of the molecule is CC.CC.CC.CCCC.COC(C)(C)C(C)(C)C1CCC(C(C)(C)CC(C)(C)N2CCN(C)CC2)O1. The van der Waals surface area contributed by atoms with Crippen LogP contribution in [-0.2, 0) is 9.47 Å². The van der Waals surface area contributed by atoms with Crippen LogP contribution in [0, 0.1) is 10.8 Å². The molecule has 0 aromatic carbocycles. The minimum atomic E-state index is -0.199. The van der Waals surface area contributed by atoms with Crippen LogP contribution in [0.5, 0.6) is 0 Å². The van der Waals surface area contributed by atoms with Crippen LogP contribution in [0.4, 0.5) is 0 Å². The molecule has 0 aromatic rings. The zero-order chi connectivity index (χ0) is 30.1. The van der Waals surface area contributed by atoms with E-state index in [2.05, 4.69) is 86.1 Å². The van der Waals surface area contributed by atoms with Gasteiger partial charge in [0.1, 0.15) is 0 Å². The van der Waals surface area contributed by atoms with Crippen LogP contribution in [-0.4, -0.2) is 73.5 Å². The van der Waals surface area contributed by atoms with E-state index in [0.29, 0.717) is 6.10 Å². The molecule has 4 nitrogen and oxygen atoms in total. The predicted molar refractivity (Wildman–Crippen MR) is 169 cm³/mol. The molecule has 0 saturated carbocycles. The third-order valence-electron chi connectivity index (χ3n) is 8.51. The Morgan fingerprint density at radius 1 is 0.703 bits per heavy atom. The van der Waals surface area contributed by atoms with Gasteiger partial charge in [0.05, 0.1) is 17.8 Å². The number of hydrogen-bond donors (Lipinski definition) is 0. The maximum Gasteiger partial charge on any atom is 0.0698 e. The van der Waals surface area contributed by atoms with Gasteiger partial charge in [0.2, 0.25) is 0 Å². The number of rotatable bonds is 8. The molecule has 2 aliphatic rings. The Bertz CT molecular complexity index is 518. The molecule has 228 valence electrons. The number of unbranched alkanes of at least 4 members (excludes halogenated alkanes) is 1. The Hall–Kier alpha value is -0.160. The molecular formula is C33H74N2O2. The molecule has 0 N–H and O–H groups in total. The minimum absolute atomic E-state index is 0.0143. The van der Waals surface area contributed by atoms with Gasteiger partial charge in [-0.15, -0.1) is 0 Å². The summed E-state index contributed by atoms with van der Waals surface area (Å²) in [7, 11) is 4.04. The maximum atomic E-state index is 6.72. The summed E-state index contributed by atoms with van der Waals surface area (Å²) in [5, 5.41) is 0. The van der Waals surface area contributed by atoms with E-state index >= 15 is 0 Å². The van der Waals surface area contributed by atoms with E-state index in [1.165, 1.54) is 39.0 Å². The van der Waals surface area contributed by atoms with Gasteiger partial charge in [-0.05, 0) is 59.4 Å². The average molecular weight is 531 g/mol. The van der Waals surface area contributed by atoms with Gasteiger partial charge < -0.3 is 14.4 Å². The van der Waals surface area contributed by atoms with Crippen molar-refractivity contribution in [2.45, 2.75) is 166 Å². The lowest BCUT2D eigenvalue weighted by Crippen LogP contribution is -2.56. The number of methoxy groups -OCH3 is 1. The van der Waals surface area contributed by atoms with Crippen molar-refractivity contribution in [1.82, 2.24) is 9.80 Å². The van der Waals surface area contributed by atoms with E-state index < -0.39 is 0 Å². The standard InChI is InChI=1S/C23H46N2O2.C4H10.3C2H6/c1-20(2,17-21(3,4)25-15-13-24(9)14-16-25)18-11-12-19(27-18)22(5,6)23(7,8)26-10;1-3-4-2;3*1-2/h18-19H,11-17H2,1-10H3;3-4H2,1-2H3;3*1-2H3. The van der Waals surface area contributed by atoms with Crippen molar-refractivity contribution in [3.63, 3.8) is 0 Å². The van der Waals surface area contributed by atoms with Crippen molar-refractivity contribution in [2.24, 2.45) is 10.8 Å². The van der Waals surface area contributed by atoms with Crippen LogP contribution in [0.2, 0.25) is 0 Å². The molecule has 2 saturated heterocycles. The second kappa shape index (κ2) is 19.8. The summed E-state index contributed by atoms with van der Waals surface area (Å²) < 4.78 is 12.5. The monoisotopic (exact) mass is 531 g/mol.